The van der Waals surface area contributed by atoms with Crippen LogP contribution in [0.15, 0.2) is 0 Å². The molecule has 0 aromatic heterocycles. The number of hydrogen-bond donors (Lipinski definition) is 2. The molecule has 0 spiro atoms. The average Bonchev–Trinajstić information content (AvgIpc) is 1.31. The SMILES string of the molecule is O=[SH](=O)S(=O)(=O)O.[KH].[KH]. The number of hydrogen-bond acceptors (Lipinski definition) is 4. The molecule has 48 valence electrons. The molecular weight excluding hydrogens is 222 g/mol. The zero-order chi connectivity index (χ0) is 6.08. The summed E-state index contributed by atoms with van der Waals surface area (Å²) in [6.07, 6.45) is 0. The second kappa shape index (κ2) is 7.76. The maximum atomic E-state index is 9.29. The third-order valence-corrected chi connectivity index (χ3v) is 1.70. The topological polar surface area (TPSA) is 88.5 Å². The molecule has 9 heteroatoms. The van der Waals surface area contributed by atoms with Gasteiger partial charge in [-0.05, 0) is 0 Å². The molecule has 0 atom stereocenters. The van der Waals surface area contributed by atoms with E-state index in [4.69, 9.17) is 4.55 Å². The van der Waals surface area contributed by atoms with Gasteiger partial charge in [0.1, 0.15) is 0 Å². The van der Waals surface area contributed by atoms with Crippen LogP contribution in [0.3, 0.4) is 0 Å². The standard InChI is InChI=1S/2K.H2O5S2.2H/c;;1-6(2)7(3,4)5;;/h;;6H,(H,3,4,5);;. The summed E-state index contributed by atoms with van der Waals surface area (Å²) < 4.78 is 44.5. The second-order valence-electron chi connectivity index (χ2n) is 0.671. The summed E-state index contributed by atoms with van der Waals surface area (Å²) in [5, 5.41) is 0. The molecule has 1 N–H and O–H groups in total. The first-order chi connectivity index (χ1) is 2.94. The van der Waals surface area contributed by atoms with E-state index in [-0.39, 0.29) is 103 Å². The Morgan fingerprint density at radius 2 is 1.22 bits per heavy atom. The van der Waals surface area contributed by atoms with Crippen LogP contribution < -0.4 is 0 Å². The molecule has 5 nitrogen and oxygen atoms in total. The fourth-order valence-electron chi connectivity index (χ4n) is 0. The molecule has 0 aliphatic carbocycles. The van der Waals surface area contributed by atoms with Crippen LogP contribution >= 0.6 is 0 Å². The summed E-state index contributed by atoms with van der Waals surface area (Å²) in [6, 6.07) is 0. The van der Waals surface area contributed by atoms with Crippen LogP contribution in [0.2, 0.25) is 0 Å². The van der Waals surface area contributed by atoms with Crippen LogP contribution in [0.4, 0.5) is 0 Å². The van der Waals surface area contributed by atoms with Crippen molar-refractivity contribution in [3.05, 3.63) is 0 Å². The van der Waals surface area contributed by atoms with E-state index in [0.717, 1.165) is 0 Å². The molecule has 0 bridgehead atoms. The molecule has 0 aromatic carbocycles. The molecule has 0 amide bonds. The minimum atomic E-state index is -4.79. The normalized spacial score (nSPS) is 9.56. The predicted octanol–water partition coefficient (Wildman–Crippen LogP) is -2.90. The van der Waals surface area contributed by atoms with E-state index < -0.39 is 18.9 Å². The van der Waals surface area contributed by atoms with E-state index >= 15 is 0 Å². The molecule has 0 fully saturated rings. The van der Waals surface area contributed by atoms with E-state index in [0.29, 0.717) is 0 Å². The summed E-state index contributed by atoms with van der Waals surface area (Å²) in [4.78, 5) is 0. The van der Waals surface area contributed by atoms with Crippen LogP contribution in [0.5, 0.6) is 0 Å². The van der Waals surface area contributed by atoms with E-state index in [2.05, 4.69) is 0 Å². The van der Waals surface area contributed by atoms with Gasteiger partial charge in [0.15, 0.2) is 0 Å². The molecule has 0 radical (unpaired) electrons. The first-order valence-corrected chi connectivity index (χ1v) is 4.29. The third kappa shape index (κ3) is 11.1. The summed E-state index contributed by atoms with van der Waals surface area (Å²) in [7, 11) is -8.50. The van der Waals surface area contributed by atoms with Crippen molar-refractivity contribution in [2.45, 2.75) is 0 Å². The zero-order valence-corrected chi connectivity index (χ0v) is 4.65. The van der Waals surface area contributed by atoms with Crippen LogP contribution in [0.1, 0.15) is 0 Å². The Labute approximate surface area is 139 Å². The quantitative estimate of drug-likeness (QED) is 0.217. The molecular formula is H4K2O5S2. The van der Waals surface area contributed by atoms with Gasteiger partial charge in [-0.2, -0.15) is 8.42 Å². The van der Waals surface area contributed by atoms with Crippen LogP contribution in [0, 0.1) is 0 Å². The van der Waals surface area contributed by atoms with Gasteiger partial charge in [-0.15, -0.1) is 0 Å². The van der Waals surface area contributed by atoms with E-state index in [1.165, 1.54) is 0 Å². The molecule has 0 saturated heterocycles. The first-order valence-electron chi connectivity index (χ1n) is 1.06. The second-order valence-corrected chi connectivity index (χ2v) is 4.29. The Morgan fingerprint density at radius 1 is 1.11 bits per heavy atom. The Balaban J connectivity index is -0.000000180. The van der Waals surface area contributed by atoms with Gasteiger partial charge in [0.2, 0.25) is 0 Å². The van der Waals surface area contributed by atoms with Crippen molar-refractivity contribution >= 4 is 122 Å². The molecule has 0 aromatic rings. The van der Waals surface area contributed by atoms with Gasteiger partial charge in [0.25, 0.3) is 9.74 Å². The fourth-order valence-corrected chi connectivity index (χ4v) is 0. The van der Waals surface area contributed by atoms with Crippen molar-refractivity contribution in [2.24, 2.45) is 0 Å². The Hall–Kier alpha value is 3.13. The Morgan fingerprint density at radius 3 is 1.22 bits per heavy atom. The number of rotatable bonds is 1. The van der Waals surface area contributed by atoms with Gasteiger partial charge < -0.3 is 0 Å². The van der Waals surface area contributed by atoms with Gasteiger partial charge in [0.05, 0.1) is 0 Å². The van der Waals surface area contributed by atoms with Crippen molar-refractivity contribution in [2.75, 3.05) is 0 Å². The molecule has 0 saturated carbocycles. The molecule has 0 aliphatic rings. The van der Waals surface area contributed by atoms with Crippen molar-refractivity contribution in [1.82, 2.24) is 0 Å². The van der Waals surface area contributed by atoms with Crippen molar-refractivity contribution < 1.29 is 21.4 Å². The zero-order valence-electron chi connectivity index (χ0n) is 2.94. The van der Waals surface area contributed by atoms with Gasteiger partial charge in [0, 0.05) is 0 Å². The van der Waals surface area contributed by atoms with Gasteiger partial charge in [-0.25, -0.2) is 8.42 Å². The van der Waals surface area contributed by atoms with E-state index in [1.54, 1.807) is 0 Å². The van der Waals surface area contributed by atoms with Gasteiger partial charge >= 0.3 is 112 Å². The monoisotopic (exact) mass is 226 g/mol. The Bertz CT molecular complexity index is 201. The van der Waals surface area contributed by atoms with Gasteiger partial charge in [-0.1, -0.05) is 0 Å². The summed E-state index contributed by atoms with van der Waals surface area (Å²) in [6.45, 7) is 0. The van der Waals surface area contributed by atoms with Crippen LogP contribution in [-0.4, -0.2) is 124 Å². The maximum absolute atomic E-state index is 9.29. The van der Waals surface area contributed by atoms with Crippen LogP contribution in [0.25, 0.3) is 0 Å². The summed E-state index contributed by atoms with van der Waals surface area (Å²) >= 11 is 0. The Kier molecular flexibility index (Phi) is 15.6. The first kappa shape index (κ1) is 18.0. The summed E-state index contributed by atoms with van der Waals surface area (Å²) in [5.41, 5.74) is 0. The minimum absolute atomic E-state index is 0. The average molecular weight is 226 g/mol. The van der Waals surface area contributed by atoms with E-state index in [9.17, 15) is 16.8 Å². The van der Waals surface area contributed by atoms with Crippen molar-refractivity contribution in [3.63, 3.8) is 0 Å². The molecule has 0 aliphatic heterocycles. The van der Waals surface area contributed by atoms with Crippen LogP contribution in [-0.2, 0) is 18.9 Å². The molecule has 0 rings (SSSR count). The summed E-state index contributed by atoms with van der Waals surface area (Å²) in [5.74, 6) is 0. The predicted molar refractivity (Wildman–Crippen MR) is 36.2 cm³/mol. The molecule has 0 unspecified atom stereocenters. The molecule has 9 heavy (non-hydrogen) atoms. The third-order valence-electron chi connectivity index (χ3n) is 0.188. The van der Waals surface area contributed by atoms with Crippen molar-refractivity contribution in [3.8, 4) is 0 Å². The van der Waals surface area contributed by atoms with E-state index in [1.807, 2.05) is 0 Å². The number of thiol groups is 1. The van der Waals surface area contributed by atoms with Crippen molar-refractivity contribution in [1.29, 1.82) is 0 Å². The van der Waals surface area contributed by atoms with Gasteiger partial charge in [-0.3, -0.25) is 4.55 Å². The fraction of sp³-hybridized carbons (Fsp3) is 0. The molecule has 0 heterocycles.